The zero-order chi connectivity index (χ0) is 19.4. The van der Waals surface area contributed by atoms with Gasteiger partial charge in [-0.1, -0.05) is 29.3 Å². The molecule has 1 amide bonds. The number of carbonyl (C=O) groups is 1. The molecule has 0 spiro atoms. The Morgan fingerprint density at radius 3 is 2.70 bits per heavy atom. The van der Waals surface area contributed by atoms with Crippen LogP contribution in [0.25, 0.3) is 0 Å². The van der Waals surface area contributed by atoms with Gasteiger partial charge in [0.2, 0.25) is 5.88 Å². The van der Waals surface area contributed by atoms with Crippen molar-refractivity contribution in [3.8, 4) is 11.9 Å². The molecule has 0 bridgehead atoms. The van der Waals surface area contributed by atoms with Crippen LogP contribution in [0.3, 0.4) is 0 Å². The molecule has 2 aromatic rings. The average molecular weight is 425 g/mol. The number of nitriles is 1. The number of benzene rings is 1. The molecule has 0 saturated carbocycles. The smallest absolute Gasteiger partial charge is 0.316 e. The van der Waals surface area contributed by atoms with E-state index in [1.54, 1.807) is 23.1 Å². The standard InChI is InChI=1S/C19H16Cl3N3O2/c20-16-3-2-13(7-17(16)21)15-11-25(19(22)26)10-14(15)5-6-27-18-4-1-12(8-23)9-24-18/h1-4,7,9,14-15H,5-6,10-11H2. The van der Waals surface area contributed by atoms with E-state index < -0.39 is 5.37 Å². The van der Waals surface area contributed by atoms with Gasteiger partial charge in [0.15, 0.2) is 0 Å². The lowest BCUT2D eigenvalue weighted by molar-refractivity contribution is 0.227. The first kappa shape index (κ1) is 19.8. The van der Waals surface area contributed by atoms with Crippen molar-refractivity contribution in [2.75, 3.05) is 19.7 Å². The van der Waals surface area contributed by atoms with Crippen molar-refractivity contribution in [1.82, 2.24) is 9.88 Å². The summed E-state index contributed by atoms with van der Waals surface area (Å²) in [7, 11) is 0. The molecule has 1 aliphatic heterocycles. The maximum Gasteiger partial charge on any atom is 0.316 e. The second-order valence-corrected chi connectivity index (χ2v) is 7.47. The van der Waals surface area contributed by atoms with Gasteiger partial charge in [-0.15, -0.1) is 0 Å². The fraction of sp³-hybridized carbons (Fsp3) is 0.316. The molecule has 5 nitrogen and oxygen atoms in total. The predicted molar refractivity (Wildman–Crippen MR) is 105 cm³/mol. The summed E-state index contributed by atoms with van der Waals surface area (Å²) in [6.07, 6.45) is 2.19. The van der Waals surface area contributed by atoms with E-state index in [2.05, 4.69) is 4.98 Å². The van der Waals surface area contributed by atoms with E-state index in [0.717, 1.165) is 5.56 Å². The highest BCUT2D eigenvalue weighted by molar-refractivity contribution is 6.62. The topological polar surface area (TPSA) is 66.2 Å². The number of nitrogens with zero attached hydrogens (tertiary/aromatic N) is 3. The maximum absolute atomic E-state index is 11.6. The Morgan fingerprint density at radius 1 is 1.26 bits per heavy atom. The SMILES string of the molecule is N#Cc1ccc(OCCC2CN(C(=O)Cl)CC2c2ccc(Cl)c(Cl)c2)nc1. The molecule has 2 unspecified atom stereocenters. The van der Waals surface area contributed by atoms with E-state index in [1.807, 2.05) is 18.2 Å². The molecule has 1 fully saturated rings. The highest BCUT2D eigenvalue weighted by atomic mass is 35.5. The van der Waals surface area contributed by atoms with Gasteiger partial charge in [0.05, 0.1) is 22.2 Å². The van der Waals surface area contributed by atoms with Crippen molar-refractivity contribution < 1.29 is 9.53 Å². The van der Waals surface area contributed by atoms with Crippen LogP contribution in [-0.4, -0.2) is 34.9 Å². The molecule has 1 aliphatic rings. The molecule has 0 radical (unpaired) electrons. The molecule has 1 aromatic carbocycles. The summed E-state index contributed by atoms with van der Waals surface area (Å²) in [6.45, 7) is 1.52. The first-order chi connectivity index (χ1) is 13.0. The number of hydrogen-bond donors (Lipinski definition) is 0. The molecule has 2 atom stereocenters. The molecule has 0 aliphatic carbocycles. The lowest BCUT2D eigenvalue weighted by Gasteiger charge is -2.19. The Kier molecular flexibility index (Phi) is 6.43. The second-order valence-electron chi connectivity index (χ2n) is 6.33. The Morgan fingerprint density at radius 2 is 2.07 bits per heavy atom. The molecular weight excluding hydrogens is 409 g/mol. The van der Waals surface area contributed by atoms with Crippen molar-refractivity contribution in [3.63, 3.8) is 0 Å². The quantitative estimate of drug-likeness (QED) is 0.494. The van der Waals surface area contributed by atoms with Gasteiger partial charge < -0.3 is 9.64 Å². The molecule has 140 valence electrons. The minimum Gasteiger partial charge on any atom is -0.478 e. The number of amides is 1. The molecule has 1 saturated heterocycles. The predicted octanol–water partition coefficient (Wildman–Crippen LogP) is 5.10. The van der Waals surface area contributed by atoms with E-state index in [9.17, 15) is 4.79 Å². The Labute approximate surface area is 172 Å². The third kappa shape index (κ3) is 4.84. The fourth-order valence-electron chi connectivity index (χ4n) is 3.27. The van der Waals surface area contributed by atoms with E-state index in [4.69, 9.17) is 44.8 Å². The second kappa shape index (κ2) is 8.79. The zero-order valence-corrected chi connectivity index (χ0v) is 16.5. The molecule has 3 rings (SSSR count). The summed E-state index contributed by atoms with van der Waals surface area (Å²) in [6, 6.07) is 10.9. The van der Waals surface area contributed by atoms with Gasteiger partial charge in [-0.05, 0) is 47.7 Å². The van der Waals surface area contributed by atoms with E-state index in [0.29, 0.717) is 47.6 Å². The maximum atomic E-state index is 11.6. The summed E-state index contributed by atoms with van der Waals surface area (Å²) in [5, 5.41) is 9.32. The van der Waals surface area contributed by atoms with Crippen LogP contribution < -0.4 is 4.74 Å². The minimum absolute atomic E-state index is 0.0972. The highest BCUT2D eigenvalue weighted by Crippen LogP contribution is 2.37. The van der Waals surface area contributed by atoms with E-state index in [1.165, 1.54) is 6.20 Å². The van der Waals surface area contributed by atoms with Gasteiger partial charge in [0.1, 0.15) is 6.07 Å². The average Bonchev–Trinajstić information content (AvgIpc) is 3.09. The summed E-state index contributed by atoms with van der Waals surface area (Å²) in [4.78, 5) is 17.3. The third-order valence-electron chi connectivity index (χ3n) is 4.67. The van der Waals surface area contributed by atoms with E-state index >= 15 is 0 Å². The van der Waals surface area contributed by atoms with Crippen LogP contribution in [0.4, 0.5) is 4.79 Å². The molecule has 1 aromatic heterocycles. The monoisotopic (exact) mass is 423 g/mol. The van der Waals surface area contributed by atoms with Crippen LogP contribution in [0.1, 0.15) is 23.5 Å². The lowest BCUT2D eigenvalue weighted by Crippen LogP contribution is -2.23. The van der Waals surface area contributed by atoms with Crippen LogP contribution >= 0.6 is 34.8 Å². The first-order valence-electron chi connectivity index (χ1n) is 8.36. The highest BCUT2D eigenvalue weighted by Gasteiger charge is 2.35. The molecule has 0 N–H and O–H groups in total. The summed E-state index contributed by atoms with van der Waals surface area (Å²) >= 11 is 17.9. The Bertz CT molecular complexity index is 867. The van der Waals surface area contributed by atoms with Crippen LogP contribution in [0.5, 0.6) is 5.88 Å². The van der Waals surface area contributed by atoms with Crippen LogP contribution in [0.15, 0.2) is 36.5 Å². The van der Waals surface area contributed by atoms with Crippen LogP contribution in [0, 0.1) is 17.2 Å². The molecule has 27 heavy (non-hydrogen) atoms. The zero-order valence-electron chi connectivity index (χ0n) is 14.2. The fourth-order valence-corrected chi connectivity index (χ4v) is 3.72. The van der Waals surface area contributed by atoms with Gasteiger partial charge >= 0.3 is 5.37 Å². The van der Waals surface area contributed by atoms with Gasteiger partial charge in [-0.25, -0.2) is 4.98 Å². The minimum atomic E-state index is -0.461. The number of hydrogen-bond acceptors (Lipinski definition) is 4. The van der Waals surface area contributed by atoms with Crippen molar-refractivity contribution in [3.05, 3.63) is 57.7 Å². The Balaban J connectivity index is 1.67. The lowest BCUT2D eigenvalue weighted by atomic mass is 9.87. The van der Waals surface area contributed by atoms with E-state index in [-0.39, 0.29) is 11.8 Å². The van der Waals surface area contributed by atoms with Gasteiger partial charge in [-0.3, -0.25) is 4.79 Å². The summed E-state index contributed by atoms with van der Waals surface area (Å²) < 4.78 is 5.69. The number of likely N-dealkylation sites (tertiary alicyclic amines) is 1. The summed E-state index contributed by atoms with van der Waals surface area (Å²) in [5.41, 5.74) is 1.50. The normalized spacial score (nSPS) is 19.0. The number of pyridine rings is 1. The van der Waals surface area contributed by atoms with Gasteiger partial charge in [-0.2, -0.15) is 5.26 Å². The van der Waals surface area contributed by atoms with Crippen LogP contribution in [-0.2, 0) is 0 Å². The Hall–Kier alpha value is -2.00. The molecule has 2 heterocycles. The number of aromatic nitrogens is 1. The number of carbonyl (C=O) groups excluding carboxylic acids is 1. The third-order valence-corrected chi connectivity index (χ3v) is 5.64. The largest absolute Gasteiger partial charge is 0.478 e. The molecule has 8 heteroatoms. The number of halogens is 3. The number of ether oxygens (including phenoxy) is 1. The number of rotatable bonds is 5. The van der Waals surface area contributed by atoms with Crippen molar-refractivity contribution >= 4 is 40.2 Å². The first-order valence-corrected chi connectivity index (χ1v) is 9.49. The summed E-state index contributed by atoms with van der Waals surface area (Å²) in [5.74, 6) is 0.728. The van der Waals surface area contributed by atoms with Crippen LogP contribution in [0.2, 0.25) is 10.0 Å². The van der Waals surface area contributed by atoms with Gasteiger partial charge in [0.25, 0.3) is 0 Å². The van der Waals surface area contributed by atoms with Crippen molar-refractivity contribution in [2.45, 2.75) is 12.3 Å². The van der Waals surface area contributed by atoms with Crippen molar-refractivity contribution in [2.24, 2.45) is 5.92 Å². The van der Waals surface area contributed by atoms with Crippen molar-refractivity contribution in [1.29, 1.82) is 5.26 Å². The van der Waals surface area contributed by atoms with Gasteiger partial charge in [0, 0.05) is 31.3 Å². The molecular formula is C19H16Cl3N3O2.